The Morgan fingerprint density at radius 3 is 2.64 bits per heavy atom. The van der Waals surface area contributed by atoms with E-state index >= 15 is 0 Å². The van der Waals surface area contributed by atoms with E-state index in [1.165, 1.54) is 6.33 Å². The zero-order valence-electron chi connectivity index (χ0n) is 14.7. The van der Waals surface area contributed by atoms with Crippen molar-refractivity contribution in [1.29, 1.82) is 0 Å². The molecule has 0 aromatic carbocycles. The predicted molar refractivity (Wildman–Crippen MR) is 92.3 cm³/mol. The maximum atomic E-state index is 12.9. The van der Waals surface area contributed by atoms with Crippen LogP contribution >= 0.6 is 0 Å². The summed E-state index contributed by atoms with van der Waals surface area (Å²) >= 11 is 0. The second-order valence-corrected chi connectivity index (χ2v) is 6.41. The molecule has 25 heavy (non-hydrogen) atoms. The third-order valence-electron chi connectivity index (χ3n) is 4.89. The Kier molecular flexibility index (Phi) is 5.25. The second kappa shape index (κ2) is 7.58. The summed E-state index contributed by atoms with van der Waals surface area (Å²) < 4.78 is 1.83. The van der Waals surface area contributed by atoms with E-state index in [0.717, 1.165) is 30.6 Å². The Morgan fingerprint density at radius 1 is 1.28 bits per heavy atom. The number of hydrogen-bond donors (Lipinski definition) is 1. The number of nitrogens with one attached hydrogen (secondary N) is 1. The summed E-state index contributed by atoms with van der Waals surface area (Å²) in [5.74, 6) is 0.299. The van der Waals surface area contributed by atoms with Crippen molar-refractivity contribution in [3.63, 3.8) is 0 Å². The van der Waals surface area contributed by atoms with E-state index in [2.05, 4.69) is 20.3 Å². The first-order valence-corrected chi connectivity index (χ1v) is 8.86. The first-order valence-electron chi connectivity index (χ1n) is 8.86. The molecule has 1 N–H and O–H groups in total. The normalized spacial score (nSPS) is 15.5. The number of aromatic nitrogens is 5. The fraction of sp³-hybridized carbons (Fsp3) is 0.588. The van der Waals surface area contributed by atoms with Crippen molar-refractivity contribution in [3.8, 4) is 0 Å². The molecule has 1 amide bonds. The van der Waals surface area contributed by atoms with Gasteiger partial charge in [-0.1, -0.05) is 13.8 Å². The molecule has 0 atom stereocenters. The highest BCUT2D eigenvalue weighted by atomic mass is 16.2. The summed E-state index contributed by atoms with van der Waals surface area (Å²) in [6, 6.07) is 0. The fourth-order valence-corrected chi connectivity index (χ4v) is 3.49. The lowest BCUT2D eigenvalue weighted by Crippen LogP contribution is -2.42. The van der Waals surface area contributed by atoms with Crippen LogP contribution in [0.15, 0.2) is 17.4 Å². The van der Waals surface area contributed by atoms with Crippen LogP contribution in [0.1, 0.15) is 48.3 Å². The highest BCUT2D eigenvalue weighted by Crippen LogP contribution is 2.21. The highest BCUT2D eigenvalue weighted by molar-refractivity contribution is 5.95. The van der Waals surface area contributed by atoms with E-state index in [-0.39, 0.29) is 17.0 Å². The van der Waals surface area contributed by atoms with E-state index in [1.54, 1.807) is 11.2 Å². The molecule has 3 heterocycles. The van der Waals surface area contributed by atoms with Gasteiger partial charge in [0.05, 0.1) is 5.69 Å². The van der Waals surface area contributed by atoms with Crippen molar-refractivity contribution in [2.24, 2.45) is 5.92 Å². The number of amides is 1. The van der Waals surface area contributed by atoms with Crippen molar-refractivity contribution in [2.45, 2.75) is 46.1 Å². The lowest BCUT2D eigenvalue weighted by Gasteiger charge is -2.32. The largest absolute Gasteiger partial charge is 0.338 e. The van der Waals surface area contributed by atoms with Gasteiger partial charge in [0, 0.05) is 19.6 Å². The minimum absolute atomic E-state index is 0.172. The van der Waals surface area contributed by atoms with Crippen molar-refractivity contribution in [1.82, 2.24) is 29.9 Å². The number of hydrogen-bond acceptors (Lipinski definition) is 5. The summed E-state index contributed by atoms with van der Waals surface area (Å²) in [6.45, 7) is 6.06. The molecule has 0 unspecified atom stereocenters. The van der Waals surface area contributed by atoms with E-state index < -0.39 is 0 Å². The number of carbonyl (C=O) groups excluding carboxylic acids is 1. The smallest absolute Gasteiger partial charge is 0.277 e. The van der Waals surface area contributed by atoms with E-state index in [0.29, 0.717) is 31.8 Å². The fourth-order valence-electron chi connectivity index (χ4n) is 3.49. The molecule has 8 nitrogen and oxygen atoms in total. The molecule has 1 aliphatic rings. The van der Waals surface area contributed by atoms with Crippen molar-refractivity contribution in [2.75, 3.05) is 13.1 Å². The van der Waals surface area contributed by atoms with Gasteiger partial charge in [0.2, 0.25) is 0 Å². The monoisotopic (exact) mass is 344 g/mol. The SMILES string of the molecule is CCc1n[nH]c(=O)c(C(=O)N2CCC(Cn3cncn3)CC2)c1CC. The number of piperidine rings is 1. The average molecular weight is 344 g/mol. The number of carbonyl (C=O) groups is 1. The molecule has 0 saturated carbocycles. The number of aryl methyl sites for hydroxylation is 1. The summed E-state index contributed by atoms with van der Waals surface area (Å²) in [7, 11) is 0. The number of nitrogens with zero attached hydrogens (tertiary/aromatic N) is 5. The average Bonchev–Trinajstić information content (AvgIpc) is 3.14. The van der Waals surface area contributed by atoms with Gasteiger partial charge in [-0.15, -0.1) is 0 Å². The van der Waals surface area contributed by atoms with Crippen LogP contribution in [0.5, 0.6) is 0 Å². The van der Waals surface area contributed by atoms with Gasteiger partial charge in [0.15, 0.2) is 0 Å². The Balaban J connectivity index is 1.72. The third-order valence-corrected chi connectivity index (χ3v) is 4.89. The number of aromatic amines is 1. The summed E-state index contributed by atoms with van der Waals surface area (Å²) in [4.78, 5) is 30.9. The van der Waals surface area contributed by atoms with E-state index in [9.17, 15) is 9.59 Å². The summed E-state index contributed by atoms with van der Waals surface area (Å²) in [5.41, 5.74) is 1.46. The van der Waals surface area contributed by atoms with Crippen molar-refractivity contribution in [3.05, 3.63) is 39.8 Å². The number of rotatable bonds is 5. The molecule has 1 aliphatic heterocycles. The first kappa shape index (κ1) is 17.3. The Bertz CT molecular complexity index is 775. The summed E-state index contributed by atoms with van der Waals surface area (Å²) in [6.07, 6.45) is 6.37. The third kappa shape index (κ3) is 3.62. The molecule has 0 bridgehead atoms. The van der Waals surface area contributed by atoms with Gasteiger partial charge in [-0.2, -0.15) is 10.2 Å². The van der Waals surface area contributed by atoms with Crippen LogP contribution in [0, 0.1) is 5.92 Å². The van der Waals surface area contributed by atoms with Gasteiger partial charge in [-0.25, -0.2) is 10.1 Å². The van der Waals surface area contributed by atoms with Crippen LogP contribution < -0.4 is 5.56 Å². The molecule has 2 aromatic rings. The Morgan fingerprint density at radius 2 is 2.04 bits per heavy atom. The minimum Gasteiger partial charge on any atom is -0.338 e. The molecule has 1 fully saturated rings. The molecule has 1 saturated heterocycles. The van der Waals surface area contributed by atoms with Gasteiger partial charge in [0.25, 0.3) is 11.5 Å². The lowest BCUT2D eigenvalue weighted by atomic mass is 9.95. The molecule has 2 aromatic heterocycles. The topological polar surface area (TPSA) is 96.8 Å². The molecular weight excluding hydrogens is 320 g/mol. The molecule has 0 radical (unpaired) electrons. The Hall–Kier alpha value is -2.51. The molecule has 3 rings (SSSR count). The van der Waals surface area contributed by atoms with Gasteiger partial charge < -0.3 is 4.90 Å². The molecule has 8 heteroatoms. The number of H-pyrrole nitrogens is 1. The predicted octanol–water partition coefficient (Wildman–Crippen LogP) is 1.04. The van der Waals surface area contributed by atoms with Crippen molar-refractivity contribution >= 4 is 5.91 Å². The van der Waals surface area contributed by atoms with Crippen molar-refractivity contribution < 1.29 is 4.79 Å². The Labute approximate surface area is 146 Å². The zero-order valence-corrected chi connectivity index (χ0v) is 14.7. The van der Waals surface area contributed by atoms with E-state index in [4.69, 9.17) is 0 Å². The van der Waals surface area contributed by atoms with Crippen LogP contribution in [0.3, 0.4) is 0 Å². The van der Waals surface area contributed by atoms with Crippen LogP contribution in [-0.2, 0) is 19.4 Å². The molecule has 0 spiro atoms. The molecular formula is C17H24N6O2. The maximum absolute atomic E-state index is 12.9. The van der Waals surface area contributed by atoms with E-state index in [1.807, 2.05) is 18.5 Å². The minimum atomic E-state index is -0.385. The van der Waals surface area contributed by atoms with Crippen LogP contribution in [0.4, 0.5) is 0 Å². The zero-order chi connectivity index (χ0) is 17.8. The molecule has 0 aliphatic carbocycles. The first-order chi connectivity index (χ1) is 12.1. The highest BCUT2D eigenvalue weighted by Gasteiger charge is 2.28. The quantitative estimate of drug-likeness (QED) is 0.874. The maximum Gasteiger partial charge on any atom is 0.277 e. The standard InChI is InChI=1S/C17H24N6O2/c1-3-13-14(4-2)20-21-16(24)15(13)17(25)22-7-5-12(6-8-22)9-23-11-18-10-19-23/h10-12H,3-9H2,1-2H3,(H,21,24). The van der Waals surface area contributed by atoms with Crippen LogP contribution in [0.2, 0.25) is 0 Å². The van der Waals surface area contributed by atoms with Gasteiger partial charge in [-0.05, 0) is 37.2 Å². The molecule has 134 valence electrons. The van der Waals surface area contributed by atoms with Crippen LogP contribution in [-0.4, -0.2) is 48.9 Å². The lowest BCUT2D eigenvalue weighted by molar-refractivity contribution is 0.0677. The second-order valence-electron chi connectivity index (χ2n) is 6.41. The summed E-state index contributed by atoms with van der Waals surface area (Å²) in [5, 5.41) is 10.7. The van der Waals surface area contributed by atoms with Gasteiger partial charge in [0.1, 0.15) is 18.2 Å². The van der Waals surface area contributed by atoms with Crippen LogP contribution in [0.25, 0.3) is 0 Å². The van der Waals surface area contributed by atoms with Gasteiger partial charge in [-0.3, -0.25) is 14.3 Å². The number of likely N-dealkylation sites (tertiary alicyclic amines) is 1. The van der Waals surface area contributed by atoms with Gasteiger partial charge >= 0.3 is 0 Å².